The summed E-state index contributed by atoms with van der Waals surface area (Å²) in [6.45, 7) is 5.53. The topological polar surface area (TPSA) is 61.4 Å². The van der Waals surface area contributed by atoms with Gasteiger partial charge in [0, 0.05) is 36.6 Å². The van der Waals surface area contributed by atoms with Crippen LogP contribution in [0.25, 0.3) is 0 Å². The zero-order chi connectivity index (χ0) is 23.6. The highest BCUT2D eigenvalue weighted by Gasteiger charge is 2.21. The number of para-hydroxylation sites is 1. The zero-order valence-electron chi connectivity index (χ0n) is 20.0. The monoisotopic (exact) mass is 445 g/mol. The summed E-state index contributed by atoms with van der Waals surface area (Å²) in [5.41, 5.74) is 3.57. The number of amides is 2. The van der Waals surface area contributed by atoms with Crippen LogP contribution in [0, 0.1) is 17.8 Å². The highest BCUT2D eigenvalue weighted by molar-refractivity contribution is 5.96. The van der Waals surface area contributed by atoms with Crippen molar-refractivity contribution in [1.82, 2.24) is 10.6 Å². The third kappa shape index (κ3) is 6.94. The van der Waals surface area contributed by atoms with Gasteiger partial charge in [0.05, 0.1) is 12.2 Å². The van der Waals surface area contributed by atoms with E-state index in [0.29, 0.717) is 25.0 Å². The van der Waals surface area contributed by atoms with Gasteiger partial charge >= 0.3 is 0 Å². The minimum atomic E-state index is -0.0714. The molecule has 5 heteroatoms. The summed E-state index contributed by atoms with van der Waals surface area (Å²) >= 11 is 0. The molecule has 1 heterocycles. The SMILES string of the molecule is CNC(CCCCNC(=O)CCC(=O)N1Cc2ccccc2C#Cc2ccccc21)C(C)C. The standard InChI is InChI=1S/C28H35N3O2/c1-21(2)25(29-3)13-8-9-19-30-27(32)17-18-28(33)31-20-24-12-5-4-10-22(24)15-16-23-11-6-7-14-26(23)31/h4-7,10-12,14,21,25,29H,8-9,13,17-20H2,1-3H3,(H,30,32). The van der Waals surface area contributed by atoms with Crippen LogP contribution in [0.5, 0.6) is 0 Å². The van der Waals surface area contributed by atoms with Crippen LogP contribution >= 0.6 is 0 Å². The van der Waals surface area contributed by atoms with Crippen molar-refractivity contribution in [3.8, 4) is 11.8 Å². The molecule has 0 radical (unpaired) electrons. The molecule has 0 bridgehead atoms. The first kappa shape index (κ1) is 24.5. The summed E-state index contributed by atoms with van der Waals surface area (Å²) in [7, 11) is 2.00. The van der Waals surface area contributed by atoms with Gasteiger partial charge in [-0.15, -0.1) is 0 Å². The normalized spacial score (nSPS) is 13.2. The molecule has 0 aliphatic carbocycles. The number of anilines is 1. The smallest absolute Gasteiger partial charge is 0.227 e. The Labute approximate surface area is 198 Å². The summed E-state index contributed by atoms with van der Waals surface area (Å²) in [5, 5.41) is 6.32. The van der Waals surface area contributed by atoms with Gasteiger partial charge in [0.25, 0.3) is 0 Å². The van der Waals surface area contributed by atoms with Crippen molar-refractivity contribution in [2.75, 3.05) is 18.5 Å². The van der Waals surface area contributed by atoms with E-state index in [0.717, 1.165) is 41.6 Å². The van der Waals surface area contributed by atoms with E-state index in [1.807, 2.05) is 55.6 Å². The Morgan fingerprint density at radius 1 is 0.970 bits per heavy atom. The Balaban J connectivity index is 1.54. The fraction of sp³-hybridized carbons (Fsp3) is 0.429. The molecule has 0 spiro atoms. The highest BCUT2D eigenvalue weighted by Crippen LogP contribution is 2.26. The van der Waals surface area contributed by atoms with E-state index in [1.165, 1.54) is 0 Å². The van der Waals surface area contributed by atoms with E-state index in [9.17, 15) is 9.59 Å². The van der Waals surface area contributed by atoms with Crippen molar-refractivity contribution >= 4 is 17.5 Å². The maximum absolute atomic E-state index is 13.2. The second kappa shape index (κ2) is 12.2. The van der Waals surface area contributed by atoms with Gasteiger partial charge in [-0.1, -0.05) is 62.4 Å². The summed E-state index contributed by atoms with van der Waals surface area (Å²) in [5.74, 6) is 6.89. The fourth-order valence-corrected chi connectivity index (χ4v) is 4.18. The molecule has 33 heavy (non-hydrogen) atoms. The number of hydrogen-bond acceptors (Lipinski definition) is 3. The molecule has 2 amide bonds. The number of nitrogens with one attached hydrogen (secondary N) is 2. The van der Waals surface area contributed by atoms with Crippen LogP contribution in [0.3, 0.4) is 0 Å². The lowest BCUT2D eigenvalue weighted by atomic mass is 9.98. The van der Waals surface area contributed by atoms with E-state index >= 15 is 0 Å². The van der Waals surface area contributed by atoms with Crippen LogP contribution < -0.4 is 15.5 Å². The molecule has 174 valence electrons. The van der Waals surface area contributed by atoms with Crippen molar-refractivity contribution in [3.63, 3.8) is 0 Å². The molecule has 3 rings (SSSR count). The molecule has 2 aromatic carbocycles. The quantitative estimate of drug-likeness (QED) is 0.425. The van der Waals surface area contributed by atoms with Crippen molar-refractivity contribution in [2.45, 2.75) is 58.5 Å². The van der Waals surface area contributed by atoms with Crippen molar-refractivity contribution in [1.29, 1.82) is 0 Å². The molecule has 0 saturated heterocycles. The first-order valence-electron chi connectivity index (χ1n) is 11.9. The molecule has 0 aromatic heterocycles. The molecule has 0 fully saturated rings. The van der Waals surface area contributed by atoms with Crippen molar-refractivity contribution in [2.24, 2.45) is 5.92 Å². The minimum absolute atomic E-state index is 0.0649. The Kier molecular flexibility index (Phi) is 9.09. The number of benzene rings is 2. The highest BCUT2D eigenvalue weighted by atomic mass is 16.2. The number of fused-ring (bicyclic) bond motifs is 2. The average Bonchev–Trinajstić information content (AvgIpc) is 2.81. The van der Waals surface area contributed by atoms with Gasteiger partial charge in [-0.3, -0.25) is 9.59 Å². The van der Waals surface area contributed by atoms with Gasteiger partial charge < -0.3 is 15.5 Å². The third-order valence-electron chi connectivity index (χ3n) is 6.18. The van der Waals surface area contributed by atoms with Crippen LogP contribution in [-0.2, 0) is 16.1 Å². The van der Waals surface area contributed by atoms with E-state index in [-0.39, 0.29) is 24.7 Å². The van der Waals surface area contributed by atoms with Gasteiger partial charge in [0.2, 0.25) is 11.8 Å². The molecule has 2 aromatic rings. The van der Waals surface area contributed by atoms with Crippen LogP contribution in [0.15, 0.2) is 48.5 Å². The van der Waals surface area contributed by atoms with Gasteiger partial charge in [0.15, 0.2) is 0 Å². The number of rotatable bonds is 10. The molecular weight excluding hydrogens is 410 g/mol. The van der Waals surface area contributed by atoms with E-state index < -0.39 is 0 Å². The van der Waals surface area contributed by atoms with Crippen LogP contribution in [0.1, 0.15) is 62.6 Å². The summed E-state index contributed by atoms with van der Waals surface area (Å²) in [6, 6.07) is 16.1. The predicted octanol–water partition coefficient (Wildman–Crippen LogP) is 4.24. The first-order valence-corrected chi connectivity index (χ1v) is 11.9. The second-order valence-electron chi connectivity index (χ2n) is 8.89. The van der Waals surface area contributed by atoms with Gasteiger partial charge in [-0.2, -0.15) is 0 Å². The summed E-state index contributed by atoms with van der Waals surface area (Å²) in [4.78, 5) is 27.3. The maximum atomic E-state index is 13.2. The Morgan fingerprint density at radius 3 is 2.42 bits per heavy atom. The summed E-state index contributed by atoms with van der Waals surface area (Å²) in [6.07, 6.45) is 3.47. The minimum Gasteiger partial charge on any atom is -0.356 e. The van der Waals surface area contributed by atoms with E-state index in [2.05, 4.69) is 36.3 Å². The number of carbonyl (C=O) groups excluding carboxylic acids is 2. The Hall–Kier alpha value is -3.10. The second-order valence-corrected chi connectivity index (χ2v) is 8.89. The van der Waals surface area contributed by atoms with Crippen LogP contribution in [0.4, 0.5) is 5.69 Å². The molecule has 5 nitrogen and oxygen atoms in total. The van der Waals surface area contributed by atoms with Gasteiger partial charge in [-0.25, -0.2) is 0 Å². The van der Waals surface area contributed by atoms with E-state index in [4.69, 9.17) is 0 Å². The molecular formula is C28H35N3O2. The largest absolute Gasteiger partial charge is 0.356 e. The van der Waals surface area contributed by atoms with Gasteiger partial charge in [-0.05, 0) is 49.6 Å². The van der Waals surface area contributed by atoms with Crippen molar-refractivity contribution < 1.29 is 9.59 Å². The summed E-state index contributed by atoms with van der Waals surface area (Å²) < 4.78 is 0. The Bertz CT molecular complexity index is 1020. The van der Waals surface area contributed by atoms with Crippen LogP contribution in [-0.4, -0.2) is 31.4 Å². The average molecular weight is 446 g/mol. The first-order chi connectivity index (χ1) is 16.0. The fourth-order valence-electron chi connectivity index (χ4n) is 4.18. The van der Waals surface area contributed by atoms with Crippen molar-refractivity contribution in [3.05, 3.63) is 65.2 Å². The number of nitrogens with zero attached hydrogens (tertiary/aromatic N) is 1. The number of unbranched alkanes of at least 4 members (excludes halogenated alkanes) is 1. The predicted molar refractivity (Wildman–Crippen MR) is 134 cm³/mol. The number of carbonyl (C=O) groups is 2. The molecule has 1 aliphatic heterocycles. The molecule has 1 aliphatic rings. The molecule has 0 saturated carbocycles. The third-order valence-corrected chi connectivity index (χ3v) is 6.18. The molecule has 2 N–H and O–H groups in total. The lowest BCUT2D eigenvalue weighted by molar-refractivity contribution is -0.125. The molecule has 1 atom stereocenters. The van der Waals surface area contributed by atoms with E-state index in [1.54, 1.807) is 4.90 Å². The Morgan fingerprint density at radius 2 is 1.67 bits per heavy atom. The van der Waals surface area contributed by atoms with Crippen LogP contribution in [0.2, 0.25) is 0 Å². The number of hydrogen-bond donors (Lipinski definition) is 2. The lowest BCUT2D eigenvalue weighted by Gasteiger charge is -2.26. The van der Waals surface area contributed by atoms with Gasteiger partial charge in [0.1, 0.15) is 0 Å². The maximum Gasteiger partial charge on any atom is 0.227 e. The zero-order valence-corrected chi connectivity index (χ0v) is 20.0. The lowest BCUT2D eigenvalue weighted by Crippen LogP contribution is -2.33. The molecule has 1 unspecified atom stereocenters.